The van der Waals surface area contributed by atoms with Crippen molar-refractivity contribution in [1.82, 2.24) is 0 Å². The van der Waals surface area contributed by atoms with Gasteiger partial charge in [0.15, 0.2) is 18.9 Å². The van der Waals surface area contributed by atoms with Gasteiger partial charge in [-0.05, 0) is 35.8 Å². The van der Waals surface area contributed by atoms with E-state index in [1.165, 1.54) is 29.5 Å². The molecule has 0 N–H and O–H groups in total. The van der Waals surface area contributed by atoms with Crippen molar-refractivity contribution in [1.29, 1.82) is 0 Å². The Morgan fingerprint density at radius 3 is 1.82 bits per heavy atom. The molecule has 1 nitrogen and oxygen atoms in total. The monoisotopic (exact) mass is 317 g/mol. The van der Waals surface area contributed by atoms with Crippen LogP contribution < -0.4 is 17.0 Å². The molecule has 1 aromatic heterocycles. The Balaban J connectivity index is 0.00000242. The maximum absolute atomic E-state index is 2.28. The summed E-state index contributed by atoms with van der Waals surface area (Å²) in [5.41, 5.74) is 4.24. The van der Waals surface area contributed by atoms with Crippen LogP contribution in [0.4, 0.5) is 0 Å². The van der Waals surface area contributed by atoms with Gasteiger partial charge in [-0.2, -0.15) is 0 Å². The minimum Gasteiger partial charge on any atom is -1.00 e. The Labute approximate surface area is 141 Å². The molecule has 2 rings (SSSR count). The third-order valence-electron chi connectivity index (χ3n) is 4.39. The van der Waals surface area contributed by atoms with Crippen molar-refractivity contribution in [2.75, 3.05) is 0 Å². The Hall–Kier alpha value is -1.34. The van der Waals surface area contributed by atoms with Crippen LogP contribution in [0.15, 0.2) is 48.8 Å². The Morgan fingerprint density at radius 1 is 0.818 bits per heavy atom. The zero-order valence-corrected chi connectivity index (χ0v) is 15.0. The van der Waals surface area contributed by atoms with E-state index in [-0.39, 0.29) is 12.4 Å². The molecule has 0 aliphatic carbocycles. The zero-order valence-electron chi connectivity index (χ0n) is 14.2. The van der Waals surface area contributed by atoms with Crippen LogP contribution in [0.25, 0.3) is 0 Å². The van der Waals surface area contributed by atoms with Crippen molar-refractivity contribution in [3.8, 4) is 0 Å². The average Bonchev–Trinajstić information content (AvgIpc) is 2.51. The van der Waals surface area contributed by atoms with Crippen LogP contribution in [0.5, 0.6) is 0 Å². The lowest BCUT2D eigenvalue weighted by molar-refractivity contribution is -0.688. The lowest BCUT2D eigenvalue weighted by Crippen LogP contribution is -3.00. The fraction of sp³-hybridized carbons (Fsp3) is 0.450. The molecule has 0 radical (unpaired) electrons. The SMILES string of the molecule is CCC(CC)c1cc[n+](Cc2ccc(C(C)C)cc2)cc1.[Cl-]. The van der Waals surface area contributed by atoms with Gasteiger partial charge in [0.1, 0.15) is 0 Å². The summed E-state index contributed by atoms with van der Waals surface area (Å²) >= 11 is 0. The lowest BCUT2D eigenvalue weighted by Gasteiger charge is -2.11. The average molecular weight is 318 g/mol. The van der Waals surface area contributed by atoms with E-state index in [0.717, 1.165) is 6.54 Å². The molecule has 2 heteroatoms. The molecule has 0 saturated carbocycles. The van der Waals surface area contributed by atoms with Crippen molar-refractivity contribution in [3.63, 3.8) is 0 Å². The van der Waals surface area contributed by atoms with Crippen LogP contribution in [0.3, 0.4) is 0 Å². The number of rotatable bonds is 6. The summed E-state index contributed by atoms with van der Waals surface area (Å²) in [7, 11) is 0. The van der Waals surface area contributed by atoms with Crippen LogP contribution in [0.2, 0.25) is 0 Å². The highest BCUT2D eigenvalue weighted by atomic mass is 35.5. The van der Waals surface area contributed by atoms with Gasteiger partial charge in [0.25, 0.3) is 0 Å². The standard InChI is InChI=1S/C20H28N.ClH/c1-5-18(6-2)20-11-13-21(14-12-20)15-17-7-9-19(10-8-17)16(3)4;/h7-14,16,18H,5-6,15H2,1-4H3;1H/q+1;/p-1. The summed E-state index contributed by atoms with van der Waals surface area (Å²) in [6.07, 6.45) is 6.86. The van der Waals surface area contributed by atoms with E-state index >= 15 is 0 Å². The molecule has 0 fully saturated rings. The summed E-state index contributed by atoms with van der Waals surface area (Å²) in [6, 6.07) is 13.5. The van der Waals surface area contributed by atoms with E-state index in [4.69, 9.17) is 0 Å². The lowest BCUT2D eigenvalue weighted by atomic mass is 9.95. The highest BCUT2D eigenvalue weighted by molar-refractivity contribution is 5.24. The molecule has 0 saturated heterocycles. The Morgan fingerprint density at radius 2 is 1.36 bits per heavy atom. The van der Waals surface area contributed by atoms with Crippen molar-refractivity contribution < 1.29 is 17.0 Å². The molecule has 0 spiro atoms. The van der Waals surface area contributed by atoms with E-state index in [0.29, 0.717) is 11.8 Å². The first-order chi connectivity index (χ1) is 10.1. The Kier molecular flexibility index (Phi) is 7.61. The minimum absolute atomic E-state index is 0. The van der Waals surface area contributed by atoms with E-state index in [2.05, 4.69) is 81.1 Å². The fourth-order valence-corrected chi connectivity index (χ4v) is 2.83. The molecule has 22 heavy (non-hydrogen) atoms. The molecule has 0 amide bonds. The molecule has 120 valence electrons. The number of halogens is 1. The van der Waals surface area contributed by atoms with Gasteiger partial charge in [0, 0.05) is 17.7 Å². The van der Waals surface area contributed by atoms with Crippen LogP contribution in [-0.2, 0) is 6.54 Å². The molecule has 2 aromatic rings. The van der Waals surface area contributed by atoms with Gasteiger partial charge in [-0.1, -0.05) is 52.0 Å². The van der Waals surface area contributed by atoms with E-state index < -0.39 is 0 Å². The summed E-state index contributed by atoms with van der Waals surface area (Å²) in [5, 5.41) is 0. The van der Waals surface area contributed by atoms with Gasteiger partial charge in [0.05, 0.1) is 0 Å². The first kappa shape index (κ1) is 18.7. The molecule has 0 bridgehead atoms. The number of pyridine rings is 1. The number of benzene rings is 1. The number of nitrogens with zero attached hydrogens (tertiary/aromatic N) is 1. The maximum Gasteiger partial charge on any atom is 0.173 e. The molecule has 1 heterocycles. The predicted octanol–water partition coefficient (Wildman–Crippen LogP) is 2.05. The largest absolute Gasteiger partial charge is 1.00 e. The molecule has 0 aliphatic rings. The van der Waals surface area contributed by atoms with Crippen molar-refractivity contribution >= 4 is 0 Å². The molecule has 1 aromatic carbocycles. The first-order valence-corrected chi connectivity index (χ1v) is 8.21. The molecular weight excluding hydrogens is 290 g/mol. The minimum atomic E-state index is 0. The smallest absolute Gasteiger partial charge is 0.173 e. The number of hydrogen-bond donors (Lipinski definition) is 0. The summed E-state index contributed by atoms with van der Waals surface area (Å²) in [4.78, 5) is 0. The van der Waals surface area contributed by atoms with Gasteiger partial charge in [-0.25, -0.2) is 4.57 Å². The van der Waals surface area contributed by atoms with Crippen LogP contribution >= 0.6 is 0 Å². The molecule has 0 aliphatic heterocycles. The first-order valence-electron chi connectivity index (χ1n) is 8.21. The zero-order chi connectivity index (χ0) is 15.2. The highest BCUT2D eigenvalue weighted by Crippen LogP contribution is 2.21. The van der Waals surface area contributed by atoms with Crippen molar-refractivity contribution in [2.45, 2.75) is 58.9 Å². The normalized spacial score (nSPS) is 10.8. The summed E-state index contributed by atoms with van der Waals surface area (Å²) < 4.78 is 2.26. The maximum atomic E-state index is 2.28. The van der Waals surface area contributed by atoms with Crippen molar-refractivity contribution in [2.24, 2.45) is 0 Å². The third-order valence-corrected chi connectivity index (χ3v) is 4.39. The predicted molar refractivity (Wildman–Crippen MR) is 89.6 cm³/mol. The second-order valence-corrected chi connectivity index (χ2v) is 6.21. The Bertz CT molecular complexity index is 539. The fourth-order valence-electron chi connectivity index (χ4n) is 2.83. The van der Waals surface area contributed by atoms with Gasteiger partial charge in [0.2, 0.25) is 0 Å². The van der Waals surface area contributed by atoms with Crippen LogP contribution in [0.1, 0.15) is 69.1 Å². The second kappa shape index (κ2) is 8.95. The number of hydrogen-bond acceptors (Lipinski definition) is 0. The van der Waals surface area contributed by atoms with Gasteiger partial charge < -0.3 is 12.4 Å². The second-order valence-electron chi connectivity index (χ2n) is 6.21. The van der Waals surface area contributed by atoms with Crippen molar-refractivity contribution in [3.05, 3.63) is 65.5 Å². The van der Waals surface area contributed by atoms with Gasteiger partial charge in [-0.15, -0.1) is 0 Å². The van der Waals surface area contributed by atoms with E-state index in [1.54, 1.807) is 0 Å². The van der Waals surface area contributed by atoms with Gasteiger partial charge >= 0.3 is 0 Å². The quantitative estimate of drug-likeness (QED) is 0.718. The topological polar surface area (TPSA) is 3.88 Å². The summed E-state index contributed by atoms with van der Waals surface area (Å²) in [5.74, 6) is 1.30. The third kappa shape index (κ3) is 4.84. The molecule has 0 atom stereocenters. The molecule has 0 unspecified atom stereocenters. The summed E-state index contributed by atoms with van der Waals surface area (Å²) in [6.45, 7) is 9.96. The highest BCUT2D eigenvalue weighted by Gasteiger charge is 2.09. The number of aromatic nitrogens is 1. The molecular formula is C20H28ClN. The van der Waals surface area contributed by atoms with E-state index in [1.807, 2.05) is 0 Å². The van der Waals surface area contributed by atoms with Gasteiger partial charge in [-0.3, -0.25) is 0 Å². The van der Waals surface area contributed by atoms with Crippen LogP contribution in [0, 0.1) is 0 Å². The van der Waals surface area contributed by atoms with E-state index in [9.17, 15) is 0 Å². The van der Waals surface area contributed by atoms with Crippen LogP contribution in [-0.4, -0.2) is 0 Å².